The lowest BCUT2D eigenvalue weighted by molar-refractivity contribution is -0.119. The Morgan fingerprint density at radius 3 is 2.35 bits per heavy atom. The minimum absolute atomic E-state index is 0.197. The number of thiophene rings is 1. The fourth-order valence-corrected chi connectivity index (χ4v) is 2.93. The van der Waals surface area contributed by atoms with Crippen molar-refractivity contribution in [2.24, 2.45) is 0 Å². The summed E-state index contributed by atoms with van der Waals surface area (Å²) >= 11 is 1.24. The van der Waals surface area contributed by atoms with Crippen molar-refractivity contribution < 1.29 is 19.1 Å². The number of amides is 1. The highest BCUT2D eigenvalue weighted by Gasteiger charge is 2.16. The summed E-state index contributed by atoms with van der Waals surface area (Å²) in [5, 5.41) is 4.38. The summed E-state index contributed by atoms with van der Waals surface area (Å²) in [6, 6.07) is 18.9. The molecule has 1 aromatic heterocycles. The number of esters is 1. The van der Waals surface area contributed by atoms with Crippen LogP contribution in [0.25, 0.3) is 0 Å². The second-order valence-electron chi connectivity index (χ2n) is 5.34. The van der Waals surface area contributed by atoms with Crippen molar-refractivity contribution in [3.8, 4) is 0 Å². The van der Waals surface area contributed by atoms with Crippen LogP contribution >= 0.6 is 11.3 Å². The largest absolute Gasteiger partial charge is 0.451 e. The minimum Gasteiger partial charge on any atom is -0.451 e. The molecular weight excluding hydrogens is 350 g/mol. The topological polar surface area (TPSA) is 72.5 Å². The maximum atomic E-state index is 12.6. The number of ketones is 1. The quantitative estimate of drug-likeness (QED) is 0.533. The number of anilines is 1. The first-order valence-electron chi connectivity index (χ1n) is 7.84. The lowest BCUT2D eigenvalue weighted by Crippen LogP contribution is -2.22. The van der Waals surface area contributed by atoms with Crippen molar-refractivity contribution in [3.63, 3.8) is 0 Å². The molecule has 2 aromatic carbocycles. The van der Waals surface area contributed by atoms with Crippen LogP contribution in [-0.4, -0.2) is 24.3 Å². The first-order chi connectivity index (χ1) is 12.6. The zero-order valence-electron chi connectivity index (χ0n) is 13.7. The van der Waals surface area contributed by atoms with Gasteiger partial charge in [0.15, 0.2) is 12.4 Å². The monoisotopic (exact) mass is 365 g/mol. The molecule has 3 aromatic rings. The molecule has 6 heteroatoms. The summed E-state index contributed by atoms with van der Waals surface area (Å²) in [5.41, 5.74) is 1.27. The molecule has 0 bridgehead atoms. The van der Waals surface area contributed by atoms with Gasteiger partial charge in [0.1, 0.15) is 4.88 Å². The summed E-state index contributed by atoms with van der Waals surface area (Å²) in [5.74, 6) is -1.26. The highest BCUT2D eigenvalue weighted by atomic mass is 32.1. The van der Waals surface area contributed by atoms with Crippen LogP contribution in [0.5, 0.6) is 0 Å². The normalized spacial score (nSPS) is 10.2. The van der Waals surface area contributed by atoms with E-state index in [1.54, 1.807) is 66.0 Å². The molecule has 0 atom stereocenters. The van der Waals surface area contributed by atoms with Crippen LogP contribution in [0.3, 0.4) is 0 Å². The van der Waals surface area contributed by atoms with Gasteiger partial charge in [-0.3, -0.25) is 9.59 Å². The van der Waals surface area contributed by atoms with E-state index in [2.05, 4.69) is 5.32 Å². The average molecular weight is 365 g/mol. The lowest BCUT2D eigenvalue weighted by Gasteiger charge is -2.10. The first-order valence-corrected chi connectivity index (χ1v) is 8.72. The van der Waals surface area contributed by atoms with Gasteiger partial charge in [0.25, 0.3) is 5.91 Å². The Labute approximate surface area is 154 Å². The number of carbonyl (C=O) groups is 3. The van der Waals surface area contributed by atoms with Crippen LogP contribution < -0.4 is 5.32 Å². The fourth-order valence-electron chi connectivity index (χ4n) is 2.32. The van der Waals surface area contributed by atoms with Crippen molar-refractivity contribution >= 4 is 34.7 Å². The Morgan fingerprint density at radius 2 is 1.62 bits per heavy atom. The number of para-hydroxylation sites is 1. The molecule has 1 heterocycles. The van der Waals surface area contributed by atoms with Crippen LogP contribution in [0.2, 0.25) is 0 Å². The summed E-state index contributed by atoms with van der Waals surface area (Å²) in [6.07, 6.45) is 0. The molecule has 26 heavy (non-hydrogen) atoms. The predicted molar refractivity (Wildman–Crippen MR) is 99.5 cm³/mol. The number of nitrogens with one attached hydrogen (secondary N) is 1. The molecule has 3 rings (SSSR count). The molecule has 1 N–H and O–H groups in total. The smallest absolute Gasteiger partial charge is 0.348 e. The van der Waals surface area contributed by atoms with Crippen molar-refractivity contribution in [2.45, 2.75) is 0 Å². The van der Waals surface area contributed by atoms with E-state index >= 15 is 0 Å². The molecule has 5 nitrogen and oxygen atoms in total. The van der Waals surface area contributed by atoms with Gasteiger partial charge in [-0.1, -0.05) is 48.5 Å². The van der Waals surface area contributed by atoms with Crippen LogP contribution in [-0.2, 0) is 9.53 Å². The summed E-state index contributed by atoms with van der Waals surface area (Å²) in [7, 11) is 0. The first kappa shape index (κ1) is 17.6. The number of ether oxygens (including phenoxy) is 1. The molecule has 0 unspecified atom stereocenters. The molecule has 0 fully saturated rings. The Bertz CT molecular complexity index is 920. The Kier molecular flexibility index (Phi) is 5.56. The number of hydrogen-bond donors (Lipinski definition) is 1. The standard InChI is InChI=1S/C20H15NO4S/c22-18(13-25-20(24)17-11-6-12-26-17)21-16-10-5-4-9-15(16)19(23)14-7-2-1-3-8-14/h1-12H,13H2,(H,21,22). The van der Waals surface area contributed by atoms with Crippen LogP contribution in [0.1, 0.15) is 25.6 Å². The Balaban J connectivity index is 1.67. The summed E-state index contributed by atoms with van der Waals surface area (Å²) in [6.45, 7) is -0.426. The number of carbonyl (C=O) groups excluding carboxylic acids is 3. The van der Waals surface area contributed by atoms with E-state index in [4.69, 9.17) is 4.74 Å². The van der Waals surface area contributed by atoms with E-state index in [9.17, 15) is 14.4 Å². The van der Waals surface area contributed by atoms with Gasteiger partial charge in [-0.25, -0.2) is 4.79 Å². The van der Waals surface area contributed by atoms with Gasteiger partial charge in [0.2, 0.25) is 0 Å². The van der Waals surface area contributed by atoms with Crippen molar-refractivity contribution in [2.75, 3.05) is 11.9 Å². The van der Waals surface area contributed by atoms with E-state index in [0.717, 1.165) is 0 Å². The number of rotatable bonds is 6. The molecular formula is C20H15NO4S. The van der Waals surface area contributed by atoms with Crippen LogP contribution in [0, 0.1) is 0 Å². The van der Waals surface area contributed by atoms with Crippen LogP contribution in [0.4, 0.5) is 5.69 Å². The molecule has 0 spiro atoms. The molecule has 0 aliphatic heterocycles. The van der Waals surface area contributed by atoms with Gasteiger partial charge in [0, 0.05) is 11.1 Å². The third kappa shape index (κ3) is 4.23. The van der Waals surface area contributed by atoms with Gasteiger partial charge >= 0.3 is 5.97 Å². The number of hydrogen-bond acceptors (Lipinski definition) is 5. The van der Waals surface area contributed by atoms with Crippen molar-refractivity contribution in [3.05, 3.63) is 88.1 Å². The van der Waals surface area contributed by atoms with E-state index < -0.39 is 18.5 Å². The zero-order chi connectivity index (χ0) is 18.4. The van der Waals surface area contributed by atoms with Gasteiger partial charge in [0.05, 0.1) is 5.69 Å². The van der Waals surface area contributed by atoms with Gasteiger partial charge in [-0.05, 0) is 23.6 Å². The van der Waals surface area contributed by atoms with E-state index in [1.807, 2.05) is 6.07 Å². The second kappa shape index (κ2) is 8.22. The summed E-state index contributed by atoms with van der Waals surface area (Å²) in [4.78, 5) is 36.9. The molecule has 130 valence electrons. The van der Waals surface area contributed by atoms with Gasteiger partial charge in [-0.2, -0.15) is 0 Å². The predicted octanol–water partition coefficient (Wildman–Crippen LogP) is 3.77. The lowest BCUT2D eigenvalue weighted by atomic mass is 10.0. The molecule has 0 radical (unpaired) electrons. The molecule has 0 aliphatic carbocycles. The minimum atomic E-state index is -0.552. The van der Waals surface area contributed by atoms with Crippen molar-refractivity contribution in [1.82, 2.24) is 0 Å². The van der Waals surface area contributed by atoms with Crippen molar-refractivity contribution in [1.29, 1.82) is 0 Å². The second-order valence-corrected chi connectivity index (χ2v) is 6.29. The Morgan fingerprint density at radius 1 is 0.885 bits per heavy atom. The average Bonchev–Trinajstić information content (AvgIpc) is 3.21. The fraction of sp³-hybridized carbons (Fsp3) is 0.0500. The third-order valence-electron chi connectivity index (χ3n) is 3.54. The maximum Gasteiger partial charge on any atom is 0.348 e. The zero-order valence-corrected chi connectivity index (χ0v) is 14.5. The van der Waals surface area contributed by atoms with Gasteiger partial charge < -0.3 is 10.1 Å². The molecule has 0 aliphatic rings. The van der Waals surface area contributed by atoms with E-state index in [1.165, 1.54) is 11.3 Å². The number of benzene rings is 2. The van der Waals surface area contributed by atoms with Gasteiger partial charge in [-0.15, -0.1) is 11.3 Å². The SMILES string of the molecule is O=C(COC(=O)c1cccs1)Nc1ccccc1C(=O)c1ccccc1. The van der Waals surface area contributed by atoms with E-state index in [0.29, 0.717) is 21.7 Å². The highest BCUT2D eigenvalue weighted by Crippen LogP contribution is 2.19. The third-order valence-corrected chi connectivity index (χ3v) is 4.39. The Hall–Kier alpha value is -3.25. The highest BCUT2D eigenvalue weighted by molar-refractivity contribution is 7.11. The molecule has 0 saturated carbocycles. The molecule has 1 amide bonds. The van der Waals surface area contributed by atoms with Crippen LogP contribution in [0.15, 0.2) is 72.1 Å². The molecule has 0 saturated heterocycles. The summed E-state index contributed by atoms with van der Waals surface area (Å²) < 4.78 is 4.98. The maximum absolute atomic E-state index is 12.6. The van der Waals surface area contributed by atoms with E-state index in [-0.39, 0.29) is 5.78 Å².